The number of benzene rings is 1. The molecule has 1 atom stereocenters. The highest BCUT2D eigenvalue weighted by atomic mass is 32.2. The van der Waals surface area contributed by atoms with E-state index < -0.39 is 10.0 Å². The van der Waals surface area contributed by atoms with Crippen molar-refractivity contribution in [1.29, 1.82) is 0 Å². The molecular weight excluding hydrogens is 300 g/mol. The topological polar surface area (TPSA) is 66.5 Å². The number of sulfonamides is 1. The number of carbonyl (C=O) groups excluding carboxylic acids is 1. The van der Waals surface area contributed by atoms with E-state index in [-0.39, 0.29) is 16.8 Å². The summed E-state index contributed by atoms with van der Waals surface area (Å²) in [4.78, 5) is 12.1. The summed E-state index contributed by atoms with van der Waals surface area (Å²) in [7, 11) is -0.383. The lowest BCUT2D eigenvalue weighted by Gasteiger charge is -2.13. The van der Waals surface area contributed by atoms with Crippen molar-refractivity contribution in [3.63, 3.8) is 0 Å². The molecule has 1 amide bonds. The fourth-order valence-electron chi connectivity index (χ4n) is 2.15. The van der Waals surface area contributed by atoms with Crippen LogP contribution in [0.15, 0.2) is 29.2 Å². The molecule has 0 heterocycles. The van der Waals surface area contributed by atoms with Gasteiger partial charge in [0.05, 0.1) is 4.90 Å². The predicted octanol–water partition coefficient (Wildman–Crippen LogP) is 2.17. The standard InChI is InChI=1S/C16H26N2O3S/c1-5-6-13(2)17-16(19)12-9-14-7-10-15(11-8-14)22(20,21)18(3)4/h7-8,10-11,13H,5-6,9,12H2,1-4H3,(H,17,19)/t13-/m1/s1. The highest BCUT2D eigenvalue weighted by Gasteiger charge is 2.16. The van der Waals surface area contributed by atoms with Gasteiger partial charge in [0.15, 0.2) is 0 Å². The lowest BCUT2D eigenvalue weighted by atomic mass is 10.1. The molecule has 0 aliphatic carbocycles. The first kappa shape index (κ1) is 18.6. The number of aryl methyl sites for hydroxylation is 1. The second-order valence-electron chi connectivity index (χ2n) is 5.69. The van der Waals surface area contributed by atoms with E-state index in [4.69, 9.17) is 0 Å². The SMILES string of the molecule is CCC[C@@H](C)NC(=O)CCc1ccc(S(=O)(=O)N(C)C)cc1. The minimum absolute atomic E-state index is 0.0333. The molecule has 5 nitrogen and oxygen atoms in total. The molecule has 1 aromatic carbocycles. The number of hydrogen-bond acceptors (Lipinski definition) is 3. The van der Waals surface area contributed by atoms with Gasteiger partial charge in [-0.15, -0.1) is 0 Å². The molecule has 0 radical (unpaired) electrons. The fourth-order valence-corrected chi connectivity index (χ4v) is 3.05. The Morgan fingerprint density at radius 2 is 1.82 bits per heavy atom. The molecular formula is C16H26N2O3S. The van der Waals surface area contributed by atoms with Gasteiger partial charge in [-0.2, -0.15) is 0 Å². The summed E-state index contributed by atoms with van der Waals surface area (Å²) in [6.07, 6.45) is 3.03. The molecule has 0 fully saturated rings. The Balaban J connectivity index is 2.57. The van der Waals surface area contributed by atoms with E-state index in [1.807, 2.05) is 6.92 Å². The molecule has 6 heteroatoms. The molecule has 0 aromatic heterocycles. The molecule has 0 aliphatic rings. The fraction of sp³-hybridized carbons (Fsp3) is 0.562. The van der Waals surface area contributed by atoms with E-state index >= 15 is 0 Å². The van der Waals surface area contributed by atoms with Crippen LogP contribution in [0, 0.1) is 0 Å². The average molecular weight is 326 g/mol. The second kappa shape index (κ2) is 8.29. The maximum absolute atomic E-state index is 12.0. The maximum atomic E-state index is 12.0. The lowest BCUT2D eigenvalue weighted by molar-refractivity contribution is -0.121. The zero-order valence-electron chi connectivity index (χ0n) is 13.8. The quantitative estimate of drug-likeness (QED) is 0.796. The molecule has 0 unspecified atom stereocenters. The highest BCUT2D eigenvalue weighted by molar-refractivity contribution is 7.89. The summed E-state index contributed by atoms with van der Waals surface area (Å²) in [5.41, 5.74) is 0.955. The normalized spacial score (nSPS) is 13.1. The van der Waals surface area contributed by atoms with Crippen molar-refractivity contribution >= 4 is 15.9 Å². The number of rotatable bonds is 8. The molecule has 22 heavy (non-hydrogen) atoms. The number of carbonyl (C=O) groups is 1. The monoisotopic (exact) mass is 326 g/mol. The Kier molecular flexibility index (Phi) is 7.03. The molecule has 0 bridgehead atoms. The van der Waals surface area contributed by atoms with Crippen LogP contribution in [-0.4, -0.2) is 38.8 Å². The van der Waals surface area contributed by atoms with Gasteiger partial charge in [-0.3, -0.25) is 4.79 Å². The van der Waals surface area contributed by atoms with Gasteiger partial charge in [0, 0.05) is 26.6 Å². The lowest BCUT2D eigenvalue weighted by Crippen LogP contribution is -2.32. The van der Waals surface area contributed by atoms with Gasteiger partial charge < -0.3 is 5.32 Å². The van der Waals surface area contributed by atoms with Crippen molar-refractivity contribution in [2.75, 3.05) is 14.1 Å². The third kappa shape index (κ3) is 5.42. The number of nitrogens with zero attached hydrogens (tertiary/aromatic N) is 1. The summed E-state index contributed by atoms with van der Waals surface area (Å²) in [5, 5.41) is 2.96. The predicted molar refractivity (Wildman–Crippen MR) is 88.1 cm³/mol. The summed E-state index contributed by atoms with van der Waals surface area (Å²) in [6, 6.07) is 6.90. The van der Waals surface area contributed by atoms with E-state index in [9.17, 15) is 13.2 Å². The van der Waals surface area contributed by atoms with Crippen LogP contribution in [0.4, 0.5) is 0 Å². The van der Waals surface area contributed by atoms with Crippen molar-refractivity contribution in [2.45, 2.75) is 50.5 Å². The first-order valence-electron chi connectivity index (χ1n) is 7.58. The number of hydrogen-bond donors (Lipinski definition) is 1. The Hall–Kier alpha value is -1.40. The first-order chi connectivity index (χ1) is 10.3. The van der Waals surface area contributed by atoms with Crippen LogP contribution in [-0.2, 0) is 21.2 Å². The van der Waals surface area contributed by atoms with Gasteiger partial charge in [-0.05, 0) is 37.5 Å². The van der Waals surface area contributed by atoms with Crippen LogP contribution in [0.25, 0.3) is 0 Å². The second-order valence-corrected chi connectivity index (χ2v) is 7.84. The van der Waals surface area contributed by atoms with Crippen LogP contribution in [0.5, 0.6) is 0 Å². The molecule has 0 spiro atoms. The van der Waals surface area contributed by atoms with Gasteiger partial charge in [0.2, 0.25) is 15.9 Å². The molecule has 0 saturated carbocycles. The van der Waals surface area contributed by atoms with E-state index in [1.54, 1.807) is 24.3 Å². The first-order valence-corrected chi connectivity index (χ1v) is 9.02. The van der Waals surface area contributed by atoms with Gasteiger partial charge in [0.1, 0.15) is 0 Å². The van der Waals surface area contributed by atoms with Crippen LogP contribution in [0.3, 0.4) is 0 Å². The molecule has 1 rings (SSSR count). The summed E-state index contributed by atoms with van der Waals surface area (Å²) in [6.45, 7) is 4.09. The van der Waals surface area contributed by atoms with E-state index in [0.29, 0.717) is 12.8 Å². The summed E-state index contributed by atoms with van der Waals surface area (Å²) >= 11 is 0. The third-order valence-electron chi connectivity index (χ3n) is 3.47. The molecule has 0 aliphatic heterocycles. The van der Waals surface area contributed by atoms with Gasteiger partial charge in [-0.1, -0.05) is 25.5 Å². The largest absolute Gasteiger partial charge is 0.354 e. The molecule has 1 aromatic rings. The van der Waals surface area contributed by atoms with Crippen LogP contribution in [0.1, 0.15) is 38.7 Å². The minimum atomic E-state index is -3.39. The van der Waals surface area contributed by atoms with Crippen molar-refractivity contribution < 1.29 is 13.2 Å². The Labute approximate surface area is 133 Å². The summed E-state index contributed by atoms with van der Waals surface area (Å²) < 4.78 is 25.1. The highest BCUT2D eigenvalue weighted by Crippen LogP contribution is 2.14. The van der Waals surface area contributed by atoms with Crippen molar-refractivity contribution in [1.82, 2.24) is 9.62 Å². The van der Waals surface area contributed by atoms with E-state index in [0.717, 1.165) is 18.4 Å². The molecule has 1 N–H and O–H groups in total. The Morgan fingerprint density at radius 3 is 2.32 bits per heavy atom. The van der Waals surface area contributed by atoms with Gasteiger partial charge in [0.25, 0.3) is 0 Å². The maximum Gasteiger partial charge on any atom is 0.242 e. The zero-order chi connectivity index (χ0) is 16.8. The third-order valence-corrected chi connectivity index (χ3v) is 5.30. The van der Waals surface area contributed by atoms with Crippen LogP contribution in [0.2, 0.25) is 0 Å². The zero-order valence-corrected chi connectivity index (χ0v) is 14.6. The summed E-state index contributed by atoms with van der Waals surface area (Å²) in [5.74, 6) is 0.0333. The molecule has 0 saturated heterocycles. The minimum Gasteiger partial charge on any atom is -0.354 e. The van der Waals surface area contributed by atoms with Crippen LogP contribution >= 0.6 is 0 Å². The van der Waals surface area contributed by atoms with Crippen molar-refractivity contribution in [2.24, 2.45) is 0 Å². The van der Waals surface area contributed by atoms with E-state index in [1.165, 1.54) is 18.4 Å². The van der Waals surface area contributed by atoms with Crippen LogP contribution < -0.4 is 5.32 Å². The average Bonchev–Trinajstić information content (AvgIpc) is 2.45. The van der Waals surface area contributed by atoms with Crippen molar-refractivity contribution in [3.8, 4) is 0 Å². The smallest absolute Gasteiger partial charge is 0.242 e. The Bertz CT molecular complexity index is 580. The number of nitrogens with one attached hydrogen (secondary N) is 1. The molecule has 124 valence electrons. The van der Waals surface area contributed by atoms with Gasteiger partial charge in [-0.25, -0.2) is 12.7 Å². The van der Waals surface area contributed by atoms with E-state index in [2.05, 4.69) is 12.2 Å². The Morgan fingerprint density at radius 1 is 1.23 bits per heavy atom. The number of amides is 1. The van der Waals surface area contributed by atoms with Gasteiger partial charge >= 0.3 is 0 Å². The van der Waals surface area contributed by atoms with Crippen molar-refractivity contribution in [3.05, 3.63) is 29.8 Å².